The van der Waals surface area contributed by atoms with Crippen molar-refractivity contribution in [2.45, 2.75) is 40.7 Å². The number of rotatable bonds is 2. The van der Waals surface area contributed by atoms with Gasteiger partial charge in [-0.25, -0.2) is 0 Å². The molecule has 1 unspecified atom stereocenters. The fourth-order valence-electron chi connectivity index (χ4n) is 2.63. The first kappa shape index (κ1) is 16.2. The second kappa shape index (κ2) is 5.91. The zero-order chi connectivity index (χ0) is 15.2. The zero-order valence-corrected chi connectivity index (χ0v) is 16.3. The van der Waals surface area contributed by atoms with Gasteiger partial charge in [-0.3, -0.25) is 0 Å². The molecular weight excluding hydrogens is 400 g/mol. The summed E-state index contributed by atoms with van der Waals surface area (Å²) in [6.07, 6.45) is -0.593. The molecule has 4 heteroatoms. The molecule has 0 spiro atoms. The molecule has 0 aliphatic heterocycles. The molecule has 1 nitrogen and oxygen atoms in total. The summed E-state index contributed by atoms with van der Waals surface area (Å²) >= 11 is 8.61. The van der Waals surface area contributed by atoms with Crippen molar-refractivity contribution in [2.75, 3.05) is 0 Å². The van der Waals surface area contributed by atoms with Crippen molar-refractivity contribution in [1.82, 2.24) is 0 Å². The predicted octanol–water partition coefficient (Wildman–Crippen LogP) is 5.90. The van der Waals surface area contributed by atoms with Crippen molar-refractivity contribution >= 4 is 43.2 Å². The average Bonchev–Trinajstić information content (AvgIpc) is 2.73. The fraction of sp³-hybridized carbons (Fsp3) is 0.375. The van der Waals surface area contributed by atoms with Gasteiger partial charge in [0.05, 0.1) is 7.57 Å². The maximum atomic E-state index is 10.8. The van der Waals surface area contributed by atoms with E-state index in [1.807, 2.05) is 6.07 Å². The molecule has 0 saturated heterocycles. The van der Waals surface area contributed by atoms with Crippen LogP contribution in [-0.2, 0) is 0 Å². The third-order valence-corrected chi connectivity index (χ3v) is 6.69. The number of aliphatic hydroxyl groups is 1. The Bertz CT molecular complexity index is 645. The predicted molar refractivity (Wildman–Crippen MR) is 93.9 cm³/mol. The van der Waals surface area contributed by atoms with Crippen LogP contribution in [-0.4, -0.2) is 5.11 Å². The van der Waals surface area contributed by atoms with Gasteiger partial charge in [-0.15, -0.1) is 11.3 Å². The topological polar surface area (TPSA) is 20.2 Å². The summed E-state index contributed by atoms with van der Waals surface area (Å²) in [5.74, 6) is 0. The molecule has 1 atom stereocenters. The van der Waals surface area contributed by atoms with Crippen LogP contribution < -0.4 is 0 Å². The van der Waals surface area contributed by atoms with Crippen LogP contribution in [0.1, 0.15) is 45.0 Å². The fourth-order valence-corrected chi connectivity index (χ4v) is 5.52. The Balaban J connectivity index is 2.67. The molecule has 20 heavy (non-hydrogen) atoms. The lowest BCUT2D eigenvalue weighted by Gasteiger charge is -2.22. The molecule has 1 aromatic heterocycles. The van der Waals surface area contributed by atoms with Crippen molar-refractivity contribution in [3.05, 3.63) is 52.6 Å². The van der Waals surface area contributed by atoms with Gasteiger partial charge in [0, 0.05) is 5.56 Å². The maximum Gasteiger partial charge on any atom is 0.107 e. The number of thiophene rings is 1. The first-order valence-electron chi connectivity index (χ1n) is 6.45. The molecule has 0 aliphatic carbocycles. The minimum Gasteiger partial charge on any atom is -0.384 e. The Morgan fingerprint density at radius 1 is 0.900 bits per heavy atom. The Labute approximate surface area is 141 Å². The summed E-state index contributed by atoms with van der Waals surface area (Å²) in [6.45, 7) is 10.6. The summed E-state index contributed by atoms with van der Waals surface area (Å²) in [4.78, 5) is 0. The molecular formula is C16H18Br2OS. The molecule has 0 amide bonds. The summed E-state index contributed by atoms with van der Waals surface area (Å²) < 4.78 is 2.00. The van der Waals surface area contributed by atoms with Crippen LogP contribution in [0.2, 0.25) is 0 Å². The smallest absolute Gasteiger partial charge is 0.107 e. The van der Waals surface area contributed by atoms with Gasteiger partial charge in [-0.1, -0.05) is 0 Å². The average molecular weight is 418 g/mol. The minimum absolute atomic E-state index is 0.593. The lowest BCUT2D eigenvalue weighted by Crippen LogP contribution is -2.09. The van der Waals surface area contributed by atoms with E-state index >= 15 is 0 Å². The van der Waals surface area contributed by atoms with Crippen LogP contribution in [0.15, 0.2) is 13.6 Å². The van der Waals surface area contributed by atoms with Gasteiger partial charge >= 0.3 is 0 Å². The number of halogens is 2. The number of hydrogen-bond donors (Lipinski definition) is 1. The summed E-state index contributed by atoms with van der Waals surface area (Å²) in [6, 6.07) is 1.99. The monoisotopic (exact) mass is 416 g/mol. The van der Waals surface area contributed by atoms with E-state index in [1.54, 1.807) is 11.3 Å². The van der Waals surface area contributed by atoms with Crippen LogP contribution in [0.3, 0.4) is 0 Å². The second-order valence-electron chi connectivity index (χ2n) is 5.22. The van der Waals surface area contributed by atoms with E-state index in [9.17, 15) is 5.11 Å². The number of benzene rings is 1. The summed E-state index contributed by atoms with van der Waals surface area (Å²) in [5.41, 5.74) is 8.20. The molecule has 1 heterocycles. The van der Waals surface area contributed by atoms with Gasteiger partial charge in [0.1, 0.15) is 6.10 Å². The maximum absolute atomic E-state index is 10.8. The van der Waals surface area contributed by atoms with Gasteiger partial charge in [0.25, 0.3) is 0 Å². The van der Waals surface area contributed by atoms with Crippen molar-refractivity contribution in [2.24, 2.45) is 0 Å². The molecule has 0 radical (unpaired) electrons. The Kier molecular flexibility index (Phi) is 4.80. The van der Waals surface area contributed by atoms with E-state index < -0.39 is 6.10 Å². The highest BCUT2D eigenvalue weighted by molar-refractivity contribution is 9.12. The molecule has 1 aromatic carbocycles. The highest BCUT2D eigenvalue weighted by Gasteiger charge is 2.23. The summed E-state index contributed by atoms with van der Waals surface area (Å²) in [7, 11) is 0. The van der Waals surface area contributed by atoms with E-state index in [0.717, 1.165) is 18.7 Å². The van der Waals surface area contributed by atoms with Gasteiger partial charge in [0.2, 0.25) is 0 Å². The van der Waals surface area contributed by atoms with Gasteiger partial charge in [-0.2, -0.15) is 0 Å². The second-order valence-corrected chi connectivity index (χ2v) is 8.97. The highest BCUT2D eigenvalue weighted by atomic mass is 79.9. The first-order valence-corrected chi connectivity index (χ1v) is 8.85. The van der Waals surface area contributed by atoms with Gasteiger partial charge in [0.15, 0.2) is 0 Å². The molecule has 0 bridgehead atoms. The molecule has 2 aromatic rings. The van der Waals surface area contributed by atoms with E-state index in [0.29, 0.717) is 0 Å². The third kappa shape index (κ3) is 2.63. The highest BCUT2D eigenvalue weighted by Crippen LogP contribution is 2.40. The first-order chi connectivity index (χ1) is 9.25. The third-order valence-electron chi connectivity index (χ3n) is 4.31. The molecule has 108 valence electrons. The largest absolute Gasteiger partial charge is 0.384 e. The van der Waals surface area contributed by atoms with Gasteiger partial charge in [-0.05, 0) is 106 Å². The molecule has 0 saturated carbocycles. The standard InChI is InChI=1S/C16H18Br2OS/c1-7-8(2)10(4)14(11(5)9(7)3)15(19)12-6-13(17)20-16(12)18/h6,15,19H,1-5H3. The van der Waals surface area contributed by atoms with Crippen molar-refractivity contribution in [3.8, 4) is 0 Å². The molecule has 0 aliphatic rings. The SMILES string of the molecule is Cc1c(C)c(C)c(C(O)c2cc(Br)sc2Br)c(C)c1C. The zero-order valence-electron chi connectivity index (χ0n) is 12.3. The van der Waals surface area contributed by atoms with E-state index in [1.165, 1.54) is 27.8 Å². The van der Waals surface area contributed by atoms with Crippen molar-refractivity contribution in [3.63, 3.8) is 0 Å². The lowest BCUT2D eigenvalue weighted by atomic mass is 9.86. The van der Waals surface area contributed by atoms with Crippen molar-refractivity contribution < 1.29 is 5.11 Å². The van der Waals surface area contributed by atoms with Crippen LogP contribution >= 0.6 is 43.2 Å². The van der Waals surface area contributed by atoms with Crippen molar-refractivity contribution in [1.29, 1.82) is 0 Å². The van der Waals surface area contributed by atoms with E-state index in [-0.39, 0.29) is 0 Å². The Morgan fingerprint density at radius 3 is 1.75 bits per heavy atom. The van der Waals surface area contributed by atoms with E-state index in [4.69, 9.17) is 0 Å². The molecule has 1 N–H and O–H groups in total. The quantitative estimate of drug-likeness (QED) is 0.644. The number of hydrogen-bond acceptors (Lipinski definition) is 2. The van der Waals surface area contributed by atoms with Crippen LogP contribution in [0.4, 0.5) is 0 Å². The molecule has 2 rings (SSSR count). The summed E-state index contributed by atoms with van der Waals surface area (Å²) in [5, 5.41) is 10.8. The minimum atomic E-state index is -0.593. The van der Waals surface area contributed by atoms with Crippen LogP contribution in [0.5, 0.6) is 0 Å². The Morgan fingerprint density at radius 2 is 1.35 bits per heavy atom. The number of aliphatic hydroxyl groups excluding tert-OH is 1. The Hall–Kier alpha value is -0.160. The van der Waals surface area contributed by atoms with Crippen LogP contribution in [0, 0.1) is 34.6 Å². The van der Waals surface area contributed by atoms with Crippen LogP contribution in [0.25, 0.3) is 0 Å². The molecule has 0 fully saturated rings. The van der Waals surface area contributed by atoms with E-state index in [2.05, 4.69) is 66.5 Å². The normalized spacial score (nSPS) is 12.8. The lowest BCUT2D eigenvalue weighted by molar-refractivity contribution is 0.218. The van der Waals surface area contributed by atoms with Gasteiger partial charge < -0.3 is 5.11 Å².